The molecule has 0 saturated heterocycles. The van der Waals surface area contributed by atoms with Gasteiger partial charge in [0.2, 0.25) is 0 Å². The molecule has 0 aliphatic carbocycles. The first-order valence-electron chi connectivity index (χ1n) is 46.1. The predicted molar refractivity (Wildman–Crippen MR) is 507 cm³/mol. The Morgan fingerprint density at radius 1 is 0.311 bits per heavy atom. The van der Waals surface area contributed by atoms with Gasteiger partial charge >= 0.3 is 13.7 Å². The number of nitriles is 2. The molecule has 0 aliphatic heterocycles. The lowest BCUT2D eigenvalue weighted by Gasteiger charge is -2.24. The molecule has 0 radical (unpaired) electrons. The van der Waals surface area contributed by atoms with Crippen molar-refractivity contribution in [3.63, 3.8) is 0 Å². The monoisotopic (exact) mass is 1630 g/mol. The van der Waals surface area contributed by atoms with Crippen LogP contribution in [0.5, 0.6) is 34.5 Å². The van der Waals surface area contributed by atoms with E-state index in [2.05, 4.69) is 181 Å². The van der Waals surface area contributed by atoms with Gasteiger partial charge in [0.25, 0.3) is 0 Å². The molecule has 0 bridgehead atoms. The standard InChI is InChI=1S/C106H128B2N8O6/c1-7-9-11-13-15-17-19-21-23-25-27-29-31-33-35-37-39-53-71-121-87-67-63-81(64-68-87)103-101-102(106(115(103)107(83-55-45-41-46-56-83)84-57-47-42-48-58-84)90(78-110)96-80-112-92-74-98(118-4)100(120-6)76-94(92)114-96)104(82-65-69-88(70-66-82)122-72-54-40-38-36-34-32-30-28-26-24-22-20-18-16-14-12-10-8-2)116(108(85-59-49-43-50-60-85)86-61-51-44-52-62-86)105(101)89(77-109)95-79-111-91-73-97(117-3)99(119-5)75-93(91)113-95/h41-52,55-70,73-76,79-80H,7-40,53-54,71-72H2,1-6H3/b105-89-,106-90-. The Morgan fingerprint density at radius 2 is 0.557 bits per heavy atom. The van der Waals surface area contributed by atoms with Gasteiger partial charge in [0.1, 0.15) is 46.2 Å². The van der Waals surface area contributed by atoms with Gasteiger partial charge in [0.05, 0.1) is 86.8 Å². The fourth-order valence-electron chi connectivity index (χ4n) is 17.7. The zero-order chi connectivity index (χ0) is 84.7. The summed E-state index contributed by atoms with van der Waals surface area (Å²) in [5, 5.41) is 28.0. The Hall–Kier alpha value is -11.1. The summed E-state index contributed by atoms with van der Waals surface area (Å²) in [4.78, 5) is 21.1. The Morgan fingerprint density at radius 3 is 0.803 bits per heavy atom. The lowest BCUT2D eigenvalue weighted by molar-refractivity contribution is 0.304. The minimum absolute atomic E-state index is 0.224. The maximum absolute atomic E-state index is 12.8. The quantitative estimate of drug-likeness (QED) is 0.0262. The summed E-state index contributed by atoms with van der Waals surface area (Å²) >= 11 is 0. The Balaban J connectivity index is 1.01. The van der Waals surface area contributed by atoms with E-state index in [1.54, 1.807) is 53.0 Å². The summed E-state index contributed by atoms with van der Waals surface area (Å²) in [5.74, 6) is 3.38. The smallest absolute Gasteiger partial charge is 0.328 e. The van der Waals surface area contributed by atoms with Gasteiger partial charge in [-0.15, -0.1) is 0 Å². The molecule has 0 spiro atoms. The molecule has 12 aromatic rings. The average Bonchev–Trinajstić information content (AvgIpc) is 1.52. The van der Waals surface area contributed by atoms with Crippen molar-refractivity contribution in [1.82, 2.24) is 28.9 Å². The highest BCUT2D eigenvalue weighted by atomic mass is 16.5. The van der Waals surface area contributed by atoms with Gasteiger partial charge in [-0.05, 0) is 72.5 Å². The maximum Gasteiger partial charge on any atom is 0.328 e. The van der Waals surface area contributed by atoms with E-state index in [-0.39, 0.29) is 11.1 Å². The van der Waals surface area contributed by atoms with Crippen LogP contribution in [0.25, 0.3) is 66.5 Å². The molecule has 8 aromatic carbocycles. The van der Waals surface area contributed by atoms with Crippen molar-refractivity contribution >= 4 is 79.5 Å². The van der Waals surface area contributed by atoms with E-state index in [1.807, 2.05) is 36.4 Å². The van der Waals surface area contributed by atoms with E-state index in [0.717, 1.165) is 70.2 Å². The van der Waals surface area contributed by atoms with Crippen molar-refractivity contribution in [2.24, 2.45) is 0 Å². The molecule has 0 fully saturated rings. The zero-order valence-corrected chi connectivity index (χ0v) is 73.7. The molecular weight excluding hydrogens is 1500 g/mol. The molecule has 0 N–H and O–H groups in total. The number of nitrogens with zero attached hydrogens (tertiary/aromatic N) is 8. The Kier molecular flexibility index (Phi) is 36.3. The van der Waals surface area contributed by atoms with E-state index >= 15 is 0 Å². The topological polar surface area (TPSA) is 164 Å². The van der Waals surface area contributed by atoms with Crippen LogP contribution in [0.2, 0.25) is 0 Å². The van der Waals surface area contributed by atoms with Crippen LogP contribution < -0.4 is 61.0 Å². The fraction of sp³-hybridized carbons (Fsp3) is 0.415. The molecule has 4 heterocycles. The van der Waals surface area contributed by atoms with Crippen molar-refractivity contribution in [1.29, 1.82) is 10.5 Å². The maximum atomic E-state index is 12.8. The first kappa shape index (κ1) is 90.2. The van der Waals surface area contributed by atoms with E-state index in [0.29, 0.717) is 103 Å². The summed E-state index contributed by atoms with van der Waals surface area (Å²) in [7, 11) is 6.40. The number of hydrogen-bond acceptors (Lipinski definition) is 12. The molecule has 634 valence electrons. The lowest BCUT2D eigenvalue weighted by atomic mass is 9.50. The van der Waals surface area contributed by atoms with E-state index in [4.69, 9.17) is 48.4 Å². The number of methoxy groups -OCH3 is 4. The van der Waals surface area contributed by atoms with Crippen molar-refractivity contribution < 1.29 is 28.4 Å². The molecule has 0 amide bonds. The summed E-state index contributed by atoms with van der Waals surface area (Å²) in [6, 6.07) is 71.6. The predicted octanol–water partition coefficient (Wildman–Crippen LogP) is 23.3. The number of ether oxygens (including phenoxy) is 6. The largest absolute Gasteiger partial charge is 0.494 e. The van der Waals surface area contributed by atoms with E-state index in [9.17, 15) is 10.5 Å². The molecule has 12 rings (SSSR count). The minimum Gasteiger partial charge on any atom is -0.494 e. The normalized spacial score (nSPS) is 11.9. The number of rotatable bonds is 54. The van der Waals surface area contributed by atoms with Gasteiger partial charge in [0, 0.05) is 46.4 Å². The molecule has 0 unspecified atom stereocenters. The molecule has 0 saturated carbocycles. The van der Waals surface area contributed by atoms with Crippen LogP contribution in [-0.4, -0.2) is 84.2 Å². The second-order valence-corrected chi connectivity index (χ2v) is 33.0. The van der Waals surface area contributed by atoms with Crippen molar-refractivity contribution in [3.05, 3.63) is 229 Å². The molecule has 16 heteroatoms. The number of benzene rings is 8. The molecule has 0 atom stereocenters. The van der Waals surface area contributed by atoms with Crippen LogP contribution in [0.3, 0.4) is 0 Å². The van der Waals surface area contributed by atoms with Crippen molar-refractivity contribution in [2.45, 2.75) is 245 Å². The first-order chi connectivity index (χ1) is 60.3. The van der Waals surface area contributed by atoms with Crippen LogP contribution >= 0.6 is 0 Å². The molecule has 122 heavy (non-hydrogen) atoms. The van der Waals surface area contributed by atoms with E-state index < -0.39 is 13.7 Å². The average molecular weight is 1630 g/mol. The summed E-state index contributed by atoms with van der Waals surface area (Å²) in [6.07, 6.45) is 50.5. The third-order valence-corrected chi connectivity index (χ3v) is 24.2. The number of fused-ring (bicyclic) bond motifs is 3. The Bertz CT molecular complexity index is 4980. The second-order valence-electron chi connectivity index (χ2n) is 33.0. The van der Waals surface area contributed by atoms with Crippen LogP contribution in [-0.2, 0) is 0 Å². The third kappa shape index (κ3) is 24.2. The van der Waals surface area contributed by atoms with E-state index in [1.165, 1.54) is 205 Å². The second kappa shape index (κ2) is 49.1. The summed E-state index contributed by atoms with van der Waals surface area (Å²) in [5.41, 5.74) is 9.90. The number of hydrogen-bond donors (Lipinski definition) is 0. The molecule has 4 aromatic heterocycles. The highest BCUT2D eigenvalue weighted by Gasteiger charge is 2.38. The first-order valence-corrected chi connectivity index (χ1v) is 46.1. The SMILES string of the molecule is CCCCCCCCCCCCCCCCCCCCOc1ccc(-c2c3/c(=C(\C#N)c4cnc5cc(OC)c(OC)cc5n4)n(B(c4ccccc4)c4ccccc4)c(-c4ccc(OCCCCCCCCCCCCCCCCCCCC)cc4)c3/c(=C(\C#N)c3cnc4cc(OC)c(OC)cc4n3)n2B(c2ccccc2)c2ccccc2)cc1. The molecule has 14 nitrogen and oxygen atoms in total. The molecule has 0 aliphatic rings. The van der Waals surface area contributed by atoms with Crippen LogP contribution in [0, 0.1) is 22.7 Å². The van der Waals surface area contributed by atoms with Gasteiger partial charge < -0.3 is 37.4 Å². The number of aromatic nitrogens is 6. The van der Waals surface area contributed by atoms with Gasteiger partial charge in [0.15, 0.2) is 23.0 Å². The van der Waals surface area contributed by atoms with Crippen LogP contribution in [0.15, 0.2) is 207 Å². The minimum atomic E-state index is -0.645. The van der Waals surface area contributed by atoms with Gasteiger partial charge in [-0.25, -0.2) is 9.97 Å². The summed E-state index contributed by atoms with van der Waals surface area (Å²) in [6.45, 7) is 4.44. The van der Waals surface area contributed by atoms with Crippen LogP contribution in [0.4, 0.5) is 0 Å². The third-order valence-electron chi connectivity index (χ3n) is 24.2. The number of unbranched alkanes of at least 4 members (excludes halogenated alkanes) is 34. The lowest BCUT2D eigenvalue weighted by Crippen LogP contribution is -2.54. The van der Waals surface area contributed by atoms with Crippen LogP contribution in [0.1, 0.15) is 256 Å². The fourth-order valence-corrected chi connectivity index (χ4v) is 17.7. The van der Waals surface area contributed by atoms with Crippen molar-refractivity contribution in [3.8, 4) is 69.2 Å². The Labute approximate surface area is 727 Å². The molecular formula is C106H128B2N8O6. The zero-order valence-electron chi connectivity index (χ0n) is 73.7. The summed E-state index contributed by atoms with van der Waals surface area (Å²) < 4.78 is 41.6. The van der Waals surface area contributed by atoms with Crippen molar-refractivity contribution in [2.75, 3.05) is 41.7 Å². The van der Waals surface area contributed by atoms with Gasteiger partial charge in [-0.3, -0.25) is 9.97 Å². The highest BCUT2D eigenvalue weighted by Crippen LogP contribution is 2.40. The highest BCUT2D eigenvalue weighted by molar-refractivity contribution is 6.85. The van der Waals surface area contributed by atoms with Gasteiger partial charge in [-0.2, -0.15) is 10.5 Å². The van der Waals surface area contributed by atoms with Gasteiger partial charge in [-0.1, -0.05) is 375 Å².